The molecule has 1 aliphatic heterocycles. The van der Waals surface area contributed by atoms with E-state index in [1.165, 1.54) is 11.1 Å². The Labute approximate surface area is 119 Å². The highest BCUT2D eigenvalue weighted by atomic mass is 32.1. The number of thiophene rings is 1. The van der Waals surface area contributed by atoms with Crippen LogP contribution in [0.5, 0.6) is 0 Å². The first-order chi connectivity index (χ1) is 8.77. The molecule has 1 aromatic rings. The SMILES string of the molecule is Cc1cscc1C=C(CN)B1OC(C)(C)C(C)(C)O1. The van der Waals surface area contributed by atoms with Gasteiger partial charge in [-0.1, -0.05) is 6.08 Å². The lowest BCUT2D eigenvalue weighted by molar-refractivity contribution is 0.00578. The summed E-state index contributed by atoms with van der Waals surface area (Å²) in [6.07, 6.45) is 2.09. The van der Waals surface area contributed by atoms with E-state index in [0.717, 1.165) is 5.47 Å². The zero-order chi connectivity index (χ0) is 14.3. The topological polar surface area (TPSA) is 44.5 Å². The number of aryl methyl sites for hydroxylation is 1. The second-order valence-electron chi connectivity index (χ2n) is 6.02. The molecule has 5 heteroatoms. The third-order valence-electron chi connectivity index (χ3n) is 4.03. The summed E-state index contributed by atoms with van der Waals surface area (Å²) >= 11 is 1.69. The molecule has 104 valence electrons. The third-order valence-corrected chi connectivity index (χ3v) is 4.91. The zero-order valence-electron chi connectivity index (χ0n) is 12.3. The van der Waals surface area contributed by atoms with Crippen LogP contribution in [0.25, 0.3) is 6.08 Å². The molecular formula is C14H22BNO2S. The van der Waals surface area contributed by atoms with E-state index in [4.69, 9.17) is 15.0 Å². The van der Waals surface area contributed by atoms with Gasteiger partial charge in [0.25, 0.3) is 0 Å². The summed E-state index contributed by atoms with van der Waals surface area (Å²) in [4.78, 5) is 0. The number of rotatable bonds is 3. The van der Waals surface area contributed by atoms with Gasteiger partial charge in [0.05, 0.1) is 11.2 Å². The summed E-state index contributed by atoms with van der Waals surface area (Å²) in [5.74, 6) is 0. The third kappa shape index (κ3) is 2.79. The molecule has 2 N–H and O–H groups in total. The van der Waals surface area contributed by atoms with Crippen LogP contribution in [0.1, 0.15) is 38.8 Å². The molecule has 0 unspecified atom stereocenters. The molecule has 0 aliphatic carbocycles. The molecule has 0 spiro atoms. The first kappa shape index (κ1) is 14.8. The Morgan fingerprint density at radius 1 is 1.26 bits per heavy atom. The number of hydrogen-bond donors (Lipinski definition) is 1. The van der Waals surface area contributed by atoms with Crippen LogP contribution >= 0.6 is 11.3 Å². The monoisotopic (exact) mass is 279 g/mol. The van der Waals surface area contributed by atoms with Crippen molar-refractivity contribution in [2.75, 3.05) is 6.54 Å². The largest absolute Gasteiger partial charge is 0.491 e. The summed E-state index contributed by atoms with van der Waals surface area (Å²) in [6.45, 7) is 10.7. The van der Waals surface area contributed by atoms with Crippen LogP contribution < -0.4 is 5.73 Å². The van der Waals surface area contributed by atoms with E-state index >= 15 is 0 Å². The van der Waals surface area contributed by atoms with Crippen molar-refractivity contribution < 1.29 is 9.31 Å². The highest BCUT2D eigenvalue weighted by molar-refractivity contribution is 7.08. The van der Waals surface area contributed by atoms with Crippen molar-refractivity contribution in [1.29, 1.82) is 0 Å². The highest BCUT2D eigenvalue weighted by Gasteiger charge is 2.52. The Balaban J connectivity index is 2.26. The predicted octanol–water partition coefficient (Wildman–Crippen LogP) is 3.03. The summed E-state index contributed by atoms with van der Waals surface area (Å²) in [5, 5.41) is 4.25. The van der Waals surface area contributed by atoms with E-state index in [0.29, 0.717) is 6.54 Å². The molecule has 0 bridgehead atoms. The van der Waals surface area contributed by atoms with Gasteiger partial charge in [0.1, 0.15) is 0 Å². The van der Waals surface area contributed by atoms with E-state index in [2.05, 4.69) is 51.5 Å². The molecule has 2 heterocycles. The van der Waals surface area contributed by atoms with Gasteiger partial charge in [-0.3, -0.25) is 0 Å². The summed E-state index contributed by atoms with van der Waals surface area (Å²) in [7, 11) is -0.353. The molecular weight excluding hydrogens is 257 g/mol. The van der Waals surface area contributed by atoms with Crippen LogP contribution in [0.15, 0.2) is 16.2 Å². The van der Waals surface area contributed by atoms with Crippen LogP contribution in [-0.2, 0) is 9.31 Å². The van der Waals surface area contributed by atoms with E-state index in [1.807, 2.05) is 0 Å². The van der Waals surface area contributed by atoms with Gasteiger partial charge >= 0.3 is 7.12 Å². The molecule has 0 atom stereocenters. The minimum absolute atomic E-state index is 0.324. The second-order valence-corrected chi connectivity index (χ2v) is 6.77. The Hall–Kier alpha value is -0.615. The van der Waals surface area contributed by atoms with Crippen LogP contribution in [-0.4, -0.2) is 24.9 Å². The van der Waals surface area contributed by atoms with E-state index in [1.54, 1.807) is 11.3 Å². The molecule has 1 aliphatic rings. The zero-order valence-corrected chi connectivity index (χ0v) is 13.1. The molecule has 19 heavy (non-hydrogen) atoms. The van der Waals surface area contributed by atoms with Gasteiger partial charge in [0, 0.05) is 6.54 Å². The van der Waals surface area contributed by atoms with Crippen molar-refractivity contribution in [1.82, 2.24) is 0 Å². The van der Waals surface area contributed by atoms with Crippen molar-refractivity contribution in [2.45, 2.75) is 45.8 Å². The fourth-order valence-electron chi connectivity index (χ4n) is 1.94. The molecule has 2 rings (SSSR count). The first-order valence-corrected chi connectivity index (χ1v) is 7.50. The Kier molecular flexibility index (Phi) is 3.93. The number of hydrogen-bond acceptors (Lipinski definition) is 4. The Morgan fingerprint density at radius 3 is 2.26 bits per heavy atom. The Morgan fingerprint density at radius 2 is 1.84 bits per heavy atom. The average molecular weight is 279 g/mol. The second kappa shape index (κ2) is 5.06. The van der Waals surface area contributed by atoms with Gasteiger partial charge in [-0.15, -0.1) is 0 Å². The van der Waals surface area contributed by atoms with Gasteiger partial charge in [0.2, 0.25) is 0 Å². The predicted molar refractivity (Wildman–Crippen MR) is 82.2 cm³/mol. The minimum Gasteiger partial charge on any atom is -0.400 e. The quantitative estimate of drug-likeness (QED) is 0.865. The fraction of sp³-hybridized carbons (Fsp3) is 0.571. The van der Waals surface area contributed by atoms with Crippen LogP contribution in [0, 0.1) is 6.92 Å². The van der Waals surface area contributed by atoms with E-state index in [-0.39, 0.29) is 18.3 Å². The molecule has 1 aromatic heterocycles. The molecule has 1 saturated heterocycles. The maximum absolute atomic E-state index is 6.04. The van der Waals surface area contributed by atoms with Crippen molar-refractivity contribution >= 4 is 24.5 Å². The lowest BCUT2D eigenvalue weighted by Crippen LogP contribution is -2.41. The van der Waals surface area contributed by atoms with Gasteiger partial charge in [-0.05, 0) is 62.0 Å². The molecule has 0 aromatic carbocycles. The number of nitrogens with two attached hydrogens (primary N) is 1. The molecule has 1 fully saturated rings. The van der Waals surface area contributed by atoms with Crippen LogP contribution in [0.3, 0.4) is 0 Å². The van der Waals surface area contributed by atoms with Gasteiger partial charge in [-0.2, -0.15) is 11.3 Å². The summed E-state index contributed by atoms with van der Waals surface area (Å²) in [5.41, 5.74) is 8.66. The molecule has 0 radical (unpaired) electrons. The van der Waals surface area contributed by atoms with Crippen molar-refractivity contribution in [3.63, 3.8) is 0 Å². The smallest absolute Gasteiger partial charge is 0.400 e. The van der Waals surface area contributed by atoms with Crippen molar-refractivity contribution in [3.05, 3.63) is 27.4 Å². The standard InChI is InChI=1S/C14H22BNO2S/c1-10-8-19-9-11(10)6-12(7-16)15-17-13(2,3)14(4,5)18-15/h6,8-9H,7,16H2,1-5H3. The fourth-order valence-corrected chi connectivity index (χ4v) is 2.74. The Bertz CT molecular complexity index is 477. The van der Waals surface area contributed by atoms with Crippen LogP contribution in [0.4, 0.5) is 0 Å². The summed E-state index contributed by atoms with van der Waals surface area (Å²) < 4.78 is 12.1. The maximum Gasteiger partial charge on any atom is 0.491 e. The molecule has 3 nitrogen and oxygen atoms in total. The van der Waals surface area contributed by atoms with Crippen LogP contribution in [0.2, 0.25) is 0 Å². The maximum atomic E-state index is 6.04. The highest BCUT2D eigenvalue weighted by Crippen LogP contribution is 2.38. The summed E-state index contributed by atoms with van der Waals surface area (Å²) in [6, 6.07) is 0. The minimum atomic E-state index is -0.353. The van der Waals surface area contributed by atoms with Gasteiger partial charge < -0.3 is 15.0 Å². The normalized spacial score (nSPS) is 22.0. The van der Waals surface area contributed by atoms with Gasteiger partial charge in [-0.25, -0.2) is 0 Å². The molecule has 0 saturated carbocycles. The lowest BCUT2D eigenvalue weighted by Gasteiger charge is -2.32. The van der Waals surface area contributed by atoms with Crippen molar-refractivity contribution in [3.8, 4) is 0 Å². The molecule has 0 amide bonds. The van der Waals surface area contributed by atoms with Gasteiger partial charge in [0.15, 0.2) is 0 Å². The first-order valence-electron chi connectivity index (χ1n) is 6.56. The average Bonchev–Trinajstić information content (AvgIpc) is 2.78. The van der Waals surface area contributed by atoms with E-state index in [9.17, 15) is 0 Å². The van der Waals surface area contributed by atoms with E-state index < -0.39 is 0 Å². The lowest BCUT2D eigenvalue weighted by atomic mass is 9.77. The van der Waals surface area contributed by atoms with Crippen molar-refractivity contribution in [2.24, 2.45) is 5.73 Å².